The zero-order valence-electron chi connectivity index (χ0n) is 19.3. The van der Waals surface area contributed by atoms with Crippen molar-refractivity contribution in [2.24, 2.45) is 0 Å². The molecule has 2 aromatic rings. The Morgan fingerprint density at radius 1 is 1.24 bits per heavy atom. The van der Waals surface area contributed by atoms with Gasteiger partial charge in [-0.25, -0.2) is 4.98 Å². The van der Waals surface area contributed by atoms with Crippen LogP contribution in [0.25, 0.3) is 11.2 Å². The molecule has 184 valence electrons. The highest BCUT2D eigenvalue weighted by Gasteiger charge is 2.56. The van der Waals surface area contributed by atoms with E-state index in [2.05, 4.69) is 15.0 Å². The Morgan fingerprint density at radius 2 is 1.94 bits per heavy atom. The van der Waals surface area contributed by atoms with Crippen molar-refractivity contribution in [1.82, 2.24) is 19.5 Å². The van der Waals surface area contributed by atoms with Crippen LogP contribution in [0.4, 0.5) is 0 Å². The molecule has 2 saturated heterocycles. The van der Waals surface area contributed by atoms with Crippen LogP contribution >= 0.6 is 19.2 Å². The van der Waals surface area contributed by atoms with Crippen molar-refractivity contribution in [2.45, 2.75) is 63.9 Å². The third kappa shape index (κ3) is 4.63. The molecule has 14 heteroatoms. The number of hydrogen-bond acceptors (Lipinski definition) is 11. The van der Waals surface area contributed by atoms with Crippen molar-refractivity contribution in [3.05, 3.63) is 11.6 Å². The lowest BCUT2D eigenvalue weighted by molar-refractivity contribution is -0.202. The van der Waals surface area contributed by atoms with Crippen LogP contribution in [0.3, 0.4) is 0 Å². The quantitative estimate of drug-likeness (QED) is 0.367. The number of halogens is 1. The number of rotatable bonds is 9. The maximum absolute atomic E-state index is 12.6. The van der Waals surface area contributed by atoms with Gasteiger partial charge in [0.2, 0.25) is 11.2 Å². The molecule has 33 heavy (non-hydrogen) atoms. The molecule has 4 heterocycles. The smallest absolute Gasteiger partial charge is 0.358 e. The van der Waals surface area contributed by atoms with Crippen LogP contribution in [0.15, 0.2) is 6.33 Å². The van der Waals surface area contributed by atoms with E-state index >= 15 is 0 Å². The molecule has 2 fully saturated rings. The number of aromatic nitrogens is 4. The van der Waals surface area contributed by atoms with Crippen LogP contribution in [0.5, 0.6) is 5.88 Å². The van der Waals surface area contributed by atoms with Gasteiger partial charge in [-0.05, 0) is 39.3 Å². The second-order valence-electron chi connectivity index (χ2n) is 8.02. The predicted octanol–water partition coefficient (Wildman–Crippen LogP) is 3.14. The van der Waals surface area contributed by atoms with E-state index in [0.29, 0.717) is 17.8 Å². The molecule has 5 atom stereocenters. The highest BCUT2D eigenvalue weighted by Crippen LogP contribution is 2.52. The molecule has 12 nitrogen and oxygen atoms in total. The lowest BCUT2D eigenvalue weighted by Gasteiger charge is -2.26. The van der Waals surface area contributed by atoms with Crippen LogP contribution in [0.1, 0.15) is 33.9 Å². The van der Waals surface area contributed by atoms with Gasteiger partial charge in [0.1, 0.15) is 18.3 Å². The summed E-state index contributed by atoms with van der Waals surface area (Å²) >= 11 is 6.12. The van der Waals surface area contributed by atoms with E-state index in [4.69, 9.17) is 44.3 Å². The minimum Gasteiger partial charge on any atom is -0.476 e. The molecular weight excluding hydrogens is 479 g/mol. The first-order valence-electron chi connectivity index (χ1n) is 10.5. The van der Waals surface area contributed by atoms with Crippen molar-refractivity contribution in [2.75, 3.05) is 27.4 Å². The molecule has 0 saturated carbocycles. The summed E-state index contributed by atoms with van der Waals surface area (Å²) in [6.07, 6.45) is -0.537. The maximum atomic E-state index is 12.6. The molecule has 0 amide bonds. The van der Waals surface area contributed by atoms with Crippen LogP contribution in [0.2, 0.25) is 5.28 Å². The van der Waals surface area contributed by atoms with Gasteiger partial charge in [-0.3, -0.25) is 9.13 Å². The zero-order valence-corrected chi connectivity index (χ0v) is 20.9. The van der Waals surface area contributed by atoms with Gasteiger partial charge in [-0.2, -0.15) is 9.97 Å². The highest BCUT2D eigenvalue weighted by molar-refractivity contribution is 7.54. The average Bonchev–Trinajstić information content (AvgIpc) is 3.42. The summed E-state index contributed by atoms with van der Waals surface area (Å²) in [5, 5.41) is 0.0229. The first-order valence-corrected chi connectivity index (χ1v) is 12.5. The van der Waals surface area contributed by atoms with E-state index < -0.39 is 43.8 Å². The molecule has 2 aliphatic heterocycles. The van der Waals surface area contributed by atoms with Gasteiger partial charge in [0, 0.05) is 14.2 Å². The maximum Gasteiger partial charge on any atom is 0.358 e. The van der Waals surface area contributed by atoms with Gasteiger partial charge in [-0.1, -0.05) is 0 Å². The van der Waals surface area contributed by atoms with Gasteiger partial charge >= 0.3 is 7.60 Å². The third-order valence-electron chi connectivity index (χ3n) is 5.50. The Balaban J connectivity index is 1.62. The Hall–Kier alpha value is -1.37. The van der Waals surface area contributed by atoms with Crippen LogP contribution in [0, 0.1) is 0 Å². The van der Waals surface area contributed by atoms with Crippen LogP contribution < -0.4 is 4.74 Å². The first-order chi connectivity index (χ1) is 15.6. The van der Waals surface area contributed by atoms with Gasteiger partial charge in [0.15, 0.2) is 29.0 Å². The topological polar surface area (TPSA) is 125 Å². The fraction of sp³-hybridized carbons (Fsp3) is 0.737. The molecule has 0 bridgehead atoms. The second-order valence-corrected chi connectivity index (χ2v) is 10.9. The number of hydrogen-bond donors (Lipinski definition) is 0. The molecule has 0 N–H and O–H groups in total. The standard InChI is InChI=1S/C19H28ClN4O8P/c1-7-28-16-12-15(22-18(20)23-16)24(9-21-12)17-14-13(31-19(3,4)32-14)11(30-17)8-29-10(2)33(25,26-5)27-6/h9-11,13-14,17H,7-8H2,1-6H3/t10-,11+,13+,14+,17+/m0/s1. The molecule has 0 spiro atoms. The molecule has 0 unspecified atom stereocenters. The third-order valence-corrected chi connectivity index (χ3v) is 7.73. The van der Waals surface area contributed by atoms with Crippen molar-refractivity contribution >= 4 is 30.4 Å². The van der Waals surface area contributed by atoms with Crippen molar-refractivity contribution in [1.29, 1.82) is 0 Å². The van der Waals surface area contributed by atoms with E-state index in [9.17, 15) is 4.57 Å². The summed E-state index contributed by atoms with van der Waals surface area (Å²) in [7, 11) is -0.783. The van der Waals surface area contributed by atoms with E-state index in [-0.39, 0.29) is 17.8 Å². The van der Waals surface area contributed by atoms with Gasteiger partial charge in [0.05, 0.1) is 19.5 Å². The summed E-state index contributed by atoms with van der Waals surface area (Å²) < 4.78 is 54.2. The number of ether oxygens (including phenoxy) is 5. The molecule has 0 radical (unpaired) electrons. The molecule has 2 aliphatic rings. The summed E-state index contributed by atoms with van der Waals surface area (Å²) in [6.45, 7) is 7.57. The zero-order chi connectivity index (χ0) is 24.0. The largest absolute Gasteiger partial charge is 0.476 e. The first kappa shape index (κ1) is 24.7. The molecule has 0 aromatic carbocycles. The minimum atomic E-state index is -3.41. The SMILES string of the molecule is CCOc1nc(Cl)nc2c1ncn2[C@@H]1O[C@H](CO[C@H](C)P(=O)(OC)OC)[C@H]2OC(C)(C)O[C@H]21. The predicted molar refractivity (Wildman–Crippen MR) is 116 cm³/mol. The Morgan fingerprint density at radius 3 is 2.61 bits per heavy atom. The number of imidazole rings is 1. The normalized spacial score (nSPS) is 27.7. The molecular formula is C19H28ClN4O8P. The summed E-state index contributed by atoms with van der Waals surface area (Å²) in [4.78, 5) is 12.8. The summed E-state index contributed by atoms with van der Waals surface area (Å²) in [5.74, 6) is -1.36. The fourth-order valence-corrected chi connectivity index (χ4v) is 5.17. The Bertz CT molecular complexity index is 1040. The molecule has 0 aliphatic carbocycles. The van der Waals surface area contributed by atoms with E-state index in [0.717, 1.165) is 0 Å². The summed E-state index contributed by atoms with van der Waals surface area (Å²) in [6, 6.07) is 0. The van der Waals surface area contributed by atoms with E-state index in [1.54, 1.807) is 17.8 Å². The Kier molecular flexibility index (Phi) is 7.01. The fourth-order valence-electron chi connectivity index (χ4n) is 4.00. The minimum absolute atomic E-state index is 0.0229. The molecule has 2 aromatic heterocycles. The monoisotopic (exact) mass is 506 g/mol. The number of nitrogens with zero attached hydrogens (tertiary/aromatic N) is 4. The van der Waals surface area contributed by atoms with Gasteiger partial charge in [0.25, 0.3) is 0 Å². The van der Waals surface area contributed by atoms with Gasteiger partial charge in [-0.15, -0.1) is 0 Å². The average molecular weight is 507 g/mol. The lowest BCUT2D eigenvalue weighted by Crippen LogP contribution is -2.34. The van der Waals surface area contributed by atoms with Crippen LogP contribution in [-0.2, 0) is 32.6 Å². The van der Waals surface area contributed by atoms with E-state index in [1.165, 1.54) is 14.2 Å². The summed E-state index contributed by atoms with van der Waals surface area (Å²) in [5.41, 5.74) is 0.891. The lowest BCUT2D eigenvalue weighted by atomic mass is 10.1. The van der Waals surface area contributed by atoms with E-state index in [1.807, 2.05) is 20.8 Å². The number of fused-ring (bicyclic) bond motifs is 2. The molecule has 4 rings (SSSR count). The highest BCUT2D eigenvalue weighted by atomic mass is 35.5. The second kappa shape index (κ2) is 9.35. The van der Waals surface area contributed by atoms with Crippen LogP contribution in [-0.4, -0.2) is 76.9 Å². The van der Waals surface area contributed by atoms with Crippen molar-refractivity contribution in [3.63, 3.8) is 0 Å². The van der Waals surface area contributed by atoms with Crippen molar-refractivity contribution in [3.8, 4) is 5.88 Å². The van der Waals surface area contributed by atoms with Crippen molar-refractivity contribution < 1.29 is 37.3 Å². The van der Waals surface area contributed by atoms with Gasteiger partial charge < -0.3 is 32.7 Å². The Labute approximate surface area is 196 Å².